The van der Waals surface area contributed by atoms with Crippen LogP contribution in [0.1, 0.15) is 30.1 Å². The zero-order valence-electron chi connectivity index (χ0n) is 10.6. The fraction of sp³-hybridized carbons (Fsp3) is 0.500. The van der Waals surface area contributed by atoms with Gasteiger partial charge in [-0.1, -0.05) is 24.3 Å². The van der Waals surface area contributed by atoms with Crippen LogP contribution in [0, 0.1) is 6.92 Å². The Balaban J connectivity index is 1.86. The predicted molar refractivity (Wildman–Crippen MR) is 70.2 cm³/mol. The summed E-state index contributed by atoms with van der Waals surface area (Å²) >= 11 is 0. The summed E-state index contributed by atoms with van der Waals surface area (Å²) in [5.41, 5.74) is 1.91. The fourth-order valence-electron chi connectivity index (χ4n) is 2.30. The van der Waals surface area contributed by atoms with Gasteiger partial charge in [0.1, 0.15) is 0 Å². The number of benzene rings is 1. The smallest absolute Gasteiger partial charge is 0.237 e. The van der Waals surface area contributed by atoms with E-state index in [1.807, 2.05) is 31.2 Å². The van der Waals surface area contributed by atoms with Crippen LogP contribution in [0.5, 0.6) is 0 Å². The Labute approximate surface area is 107 Å². The molecular formula is C14H20N2O2. The summed E-state index contributed by atoms with van der Waals surface area (Å²) in [4.78, 5) is 11.8. The largest absolute Gasteiger partial charge is 0.387 e. The summed E-state index contributed by atoms with van der Waals surface area (Å²) in [6.07, 6.45) is 1.28. The van der Waals surface area contributed by atoms with E-state index in [0.29, 0.717) is 0 Å². The Morgan fingerprint density at radius 1 is 1.56 bits per heavy atom. The quantitative estimate of drug-likeness (QED) is 0.742. The lowest BCUT2D eigenvalue weighted by atomic mass is 10.0. The number of rotatable bonds is 4. The van der Waals surface area contributed by atoms with Crippen LogP contribution in [0.4, 0.5) is 0 Å². The van der Waals surface area contributed by atoms with Crippen molar-refractivity contribution in [3.63, 3.8) is 0 Å². The molecule has 0 unspecified atom stereocenters. The van der Waals surface area contributed by atoms with Crippen molar-refractivity contribution in [2.75, 3.05) is 13.1 Å². The molecule has 98 valence electrons. The van der Waals surface area contributed by atoms with Crippen LogP contribution in [0.25, 0.3) is 0 Å². The number of aliphatic hydroxyl groups is 1. The van der Waals surface area contributed by atoms with Crippen LogP contribution < -0.4 is 10.6 Å². The lowest BCUT2D eigenvalue weighted by Gasteiger charge is -2.16. The molecule has 0 radical (unpaired) electrons. The van der Waals surface area contributed by atoms with Gasteiger partial charge in [0, 0.05) is 6.54 Å². The van der Waals surface area contributed by atoms with Gasteiger partial charge in [0.25, 0.3) is 0 Å². The van der Waals surface area contributed by atoms with Crippen molar-refractivity contribution < 1.29 is 9.90 Å². The highest BCUT2D eigenvalue weighted by Gasteiger charge is 2.22. The van der Waals surface area contributed by atoms with Gasteiger partial charge < -0.3 is 15.7 Å². The van der Waals surface area contributed by atoms with Gasteiger partial charge in [0.05, 0.1) is 12.1 Å². The molecule has 0 spiro atoms. The Morgan fingerprint density at radius 2 is 2.33 bits per heavy atom. The van der Waals surface area contributed by atoms with E-state index in [1.54, 1.807) is 0 Å². The zero-order valence-corrected chi connectivity index (χ0v) is 10.6. The Hall–Kier alpha value is -1.39. The normalized spacial score (nSPS) is 20.7. The highest BCUT2D eigenvalue weighted by molar-refractivity contribution is 5.82. The minimum atomic E-state index is -0.642. The standard InChI is InChI=1S/C14H20N2O2/c1-10-5-2-3-6-11(10)13(17)9-16-14(18)12-7-4-8-15-12/h2-3,5-6,12-13,15,17H,4,7-9H2,1H3,(H,16,18)/t12-,13+/m0/s1. The molecule has 1 aromatic carbocycles. The maximum atomic E-state index is 11.8. The van der Waals surface area contributed by atoms with Crippen molar-refractivity contribution in [2.24, 2.45) is 0 Å². The van der Waals surface area contributed by atoms with E-state index in [2.05, 4.69) is 10.6 Å². The SMILES string of the molecule is Cc1ccccc1[C@H](O)CNC(=O)[C@@H]1CCCN1. The van der Waals surface area contributed by atoms with E-state index in [9.17, 15) is 9.90 Å². The van der Waals surface area contributed by atoms with Gasteiger partial charge in [-0.15, -0.1) is 0 Å². The molecule has 0 aromatic heterocycles. The summed E-state index contributed by atoms with van der Waals surface area (Å²) in [5, 5.41) is 16.0. The average molecular weight is 248 g/mol. The minimum Gasteiger partial charge on any atom is -0.387 e. The highest BCUT2D eigenvalue weighted by Crippen LogP contribution is 2.16. The van der Waals surface area contributed by atoms with Crippen molar-refractivity contribution in [3.8, 4) is 0 Å². The third kappa shape index (κ3) is 3.09. The molecule has 1 aliphatic heterocycles. The number of nitrogens with one attached hydrogen (secondary N) is 2. The molecule has 1 heterocycles. The molecule has 1 aromatic rings. The van der Waals surface area contributed by atoms with E-state index < -0.39 is 6.10 Å². The number of carbonyl (C=O) groups is 1. The van der Waals surface area contributed by atoms with Gasteiger partial charge in [0.15, 0.2) is 0 Å². The summed E-state index contributed by atoms with van der Waals surface area (Å²) in [5.74, 6) is -0.0138. The molecule has 1 fully saturated rings. The molecule has 1 saturated heterocycles. The van der Waals surface area contributed by atoms with Crippen molar-refractivity contribution in [1.29, 1.82) is 0 Å². The second-order valence-corrected chi connectivity index (χ2v) is 4.77. The number of aryl methyl sites for hydroxylation is 1. The second-order valence-electron chi connectivity index (χ2n) is 4.77. The van der Waals surface area contributed by atoms with E-state index >= 15 is 0 Å². The molecule has 0 aliphatic carbocycles. The van der Waals surface area contributed by atoms with Gasteiger partial charge in [0.2, 0.25) is 5.91 Å². The molecule has 4 heteroatoms. The van der Waals surface area contributed by atoms with Crippen molar-refractivity contribution in [3.05, 3.63) is 35.4 Å². The van der Waals surface area contributed by atoms with Gasteiger partial charge in [-0.25, -0.2) is 0 Å². The first-order valence-electron chi connectivity index (χ1n) is 6.43. The van der Waals surface area contributed by atoms with E-state index in [-0.39, 0.29) is 18.5 Å². The first kappa shape index (κ1) is 13.1. The Bertz CT molecular complexity index is 414. The summed E-state index contributed by atoms with van der Waals surface area (Å²) in [7, 11) is 0. The number of aliphatic hydroxyl groups excluding tert-OH is 1. The van der Waals surface area contributed by atoms with Crippen LogP contribution in [0.2, 0.25) is 0 Å². The summed E-state index contributed by atoms with van der Waals surface area (Å²) in [6, 6.07) is 7.59. The van der Waals surface area contributed by atoms with Gasteiger partial charge in [-0.2, -0.15) is 0 Å². The first-order chi connectivity index (χ1) is 8.68. The van der Waals surface area contributed by atoms with Crippen molar-refractivity contribution in [1.82, 2.24) is 10.6 Å². The number of hydrogen-bond donors (Lipinski definition) is 3. The maximum Gasteiger partial charge on any atom is 0.237 e. The van der Waals surface area contributed by atoms with Crippen LogP contribution in [0.15, 0.2) is 24.3 Å². The van der Waals surface area contributed by atoms with Gasteiger partial charge in [-0.3, -0.25) is 4.79 Å². The third-order valence-electron chi connectivity index (χ3n) is 3.39. The lowest BCUT2D eigenvalue weighted by Crippen LogP contribution is -2.41. The second kappa shape index (κ2) is 5.98. The zero-order chi connectivity index (χ0) is 13.0. The Kier molecular flexibility index (Phi) is 4.33. The fourth-order valence-corrected chi connectivity index (χ4v) is 2.30. The molecule has 3 N–H and O–H groups in total. The van der Waals surface area contributed by atoms with Crippen molar-refractivity contribution in [2.45, 2.75) is 31.9 Å². The monoisotopic (exact) mass is 248 g/mol. The van der Waals surface area contributed by atoms with E-state index in [4.69, 9.17) is 0 Å². The van der Waals surface area contributed by atoms with Crippen molar-refractivity contribution >= 4 is 5.91 Å². The minimum absolute atomic E-state index is 0.0138. The number of amides is 1. The first-order valence-corrected chi connectivity index (χ1v) is 6.43. The molecule has 1 amide bonds. The average Bonchev–Trinajstić information content (AvgIpc) is 2.90. The summed E-state index contributed by atoms with van der Waals surface area (Å²) in [6.45, 7) is 3.12. The molecule has 2 rings (SSSR count). The molecule has 1 aliphatic rings. The highest BCUT2D eigenvalue weighted by atomic mass is 16.3. The number of carbonyl (C=O) groups excluding carboxylic acids is 1. The third-order valence-corrected chi connectivity index (χ3v) is 3.39. The van der Waals surface area contributed by atoms with Gasteiger partial charge >= 0.3 is 0 Å². The van der Waals surface area contributed by atoms with Crippen LogP contribution >= 0.6 is 0 Å². The maximum absolute atomic E-state index is 11.8. The number of hydrogen-bond acceptors (Lipinski definition) is 3. The summed E-state index contributed by atoms with van der Waals surface area (Å²) < 4.78 is 0. The van der Waals surface area contributed by atoms with E-state index in [0.717, 1.165) is 30.5 Å². The Morgan fingerprint density at radius 3 is 3.00 bits per heavy atom. The molecule has 0 bridgehead atoms. The molecular weight excluding hydrogens is 228 g/mol. The predicted octanol–water partition coefficient (Wildman–Crippen LogP) is 0.897. The lowest BCUT2D eigenvalue weighted by molar-refractivity contribution is -0.123. The molecule has 0 saturated carbocycles. The van der Waals surface area contributed by atoms with Crippen LogP contribution in [0.3, 0.4) is 0 Å². The van der Waals surface area contributed by atoms with Crippen LogP contribution in [-0.4, -0.2) is 30.1 Å². The molecule has 4 nitrogen and oxygen atoms in total. The molecule has 18 heavy (non-hydrogen) atoms. The van der Waals surface area contributed by atoms with E-state index in [1.165, 1.54) is 0 Å². The molecule has 2 atom stereocenters. The van der Waals surface area contributed by atoms with Crippen LogP contribution in [-0.2, 0) is 4.79 Å². The topological polar surface area (TPSA) is 61.4 Å². The van der Waals surface area contributed by atoms with Gasteiger partial charge in [-0.05, 0) is 37.4 Å².